The van der Waals surface area contributed by atoms with Gasteiger partial charge in [0.25, 0.3) is 0 Å². The number of hydrogen-bond donors (Lipinski definition) is 3. The molecule has 0 bridgehead atoms. The summed E-state index contributed by atoms with van der Waals surface area (Å²) in [7, 11) is 0. The fourth-order valence-corrected chi connectivity index (χ4v) is 3.00. The summed E-state index contributed by atoms with van der Waals surface area (Å²) >= 11 is 0. The molecule has 0 spiro atoms. The number of nitrogens with zero attached hydrogens (tertiary/aromatic N) is 1. The van der Waals surface area contributed by atoms with Crippen molar-refractivity contribution in [2.75, 3.05) is 32.8 Å². The summed E-state index contributed by atoms with van der Waals surface area (Å²) in [6.45, 7) is 3.86. The largest absolute Gasteiger partial charge is 0.507 e. The highest BCUT2D eigenvalue weighted by Crippen LogP contribution is 2.33. The molecular formula is C16H20N2O2. The second kappa shape index (κ2) is 5.79. The second-order valence-electron chi connectivity index (χ2n) is 5.20. The van der Waals surface area contributed by atoms with E-state index in [0.717, 1.165) is 42.5 Å². The molecule has 3 N–H and O–H groups in total. The zero-order chi connectivity index (χ0) is 13.9. The molecule has 1 saturated heterocycles. The first-order valence-corrected chi connectivity index (χ1v) is 7.07. The van der Waals surface area contributed by atoms with Gasteiger partial charge in [0.1, 0.15) is 5.75 Å². The molecule has 4 heteroatoms. The van der Waals surface area contributed by atoms with Crippen LogP contribution in [0.2, 0.25) is 0 Å². The number of nitrogens with one attached hydrogen (secondary N) is 1. The molecule has 0 amide bonds. The lowest BCUT2D eigenvalue weighted by molar-refractivity contribution is 0.111. The molecule has 0 radical (unpaired) electrons. The zero-order valence-electron chi connectivity index (χ0n) is 11.4. The first kappa shape index (κ1) is 13.4. The number of piperazine rings is 1. The number of aliphatic hydroxyl groups excluding tert-OH is 1. The molecule has 1 fully saturated rings. The molecule has 0 saturated carbocycles. The monoisotopic (exact) mass is 272 g/mol. The van der Waals surface area contributed by atoms with E-state index in [0.29, 0.717) is 5.75 Å². The van der Waals surface area contributed by atoms with Crippen molar-refractivity contribution < 1.29 is 10.2 Å². The van der Waals surface area contributed by atoms with E-state index in [2.05, 4.69) is 10.2 Å². The summed E-state index contributed by atoms with van der Waals surface area (Å²) in [5.41, 5.74) is 1.09. The average Bonchev–Trinajstić information content (AvgIpc) is 2.52. The van der Waals surface area contributed by atoms with Crippen LogP contribution in [0.1, 0.15) is 11.6 Å². The van der Waals surface area contributed by atoms with Gasteiger partial charge in [0.05, 0.1) is 12.6 Å². The summed E-state index contributed by atoms with van der Waals surface area (Å²) in [5.74, 6) is 0.293. The zero-order valence-corrected chi connectivity index (χ0v) is 11.4. The van der Waals surface area contributed by atoms with Gasteiger partial charge in [-0.2, -0.15) is 0 Å². The van der Waals surface area contributed by atoms with Gasteiger partial charge in [0.15, 0.2) is 0 Å². The number of phenols is 1. The Balaban J connectivity index is 2.05. The summed E-state index contributed by atoms with van der Waals surface area (Å²) in [4.78, 5) is 2.30. The maximum absolute atomic E-state index is 9.97. The van der Waals surface area contributed by atoms with Crippen molar-refractivity contribution in [3.8, 4) is 5.75 Å². The Hall–Kier alpha value is -1.62. The van der Waals surface area contributed by atoms with Gasteiger partial charge in [-0.25, -0.2) is 0 Å². The minimum Gasteiger partial charge on any atom is -0.507 e. The van der Waals surface area contributed by atoms with Gasteiger partial charge in [-0.05, 0) is 17.0 Å². The van der Waals surface area contributed by atoms with E-state index in [-0.39, 0.29) is 12.6 Å². The fraction of sp³-hybridized carbons (Fsp3) is 0.375. The summed E-state index contributed by atoms with van der Waals surface area (Å²) in [6.07, 6.45) is 0. The highest BCUT2D eigenvalue weighted by Gasteiger charge is 2.23. The molecule has 0 aromatic heterocycles. The number of phenolic OH excluding ortho intramolecular Hbond substituents is 1. The topological polar surface area (TPSA) is 55.7 Å². The number of aliphatic hydroxyl groups is 1. The van der Waals surface area contributed by atoms with Gasteiger partial charge >= 0.3 is 0 Å². The molecule has 0 aliphatic carbocycles. The highest BCUT2D eigenvalue weighted by atomic mass is 16.3. The second-order valence-corrected chi connectivity index (χ2v) is 5.20. The van der Waals surface area contributed by atoms with E-state index in [9.17, 15) is 10.2 Å². The number of aromatic hydroxyl groups is 1. The van der Waals surface area contributed by atoms with Crippen LogP contribution in [0.25, 0.3) is 10.8 Å². The van der Waals surface area contributed by atoms with Crippen LogP contribution < -0.4 is 5.32 Å². The van der Waals surface area contributed by atoms with E-state index >= 15 is 0 Å². The van der Waals surface area contributed by atoms with Crippen LogP contribution in [0, 0.1) is 0 Å². The first-order valence-electron chi connectivity index (χ1n) is 7.07. The minimum atomic E-state index is -0.0115. The molecule has 106 valence electrons. The molecule has 4 nitrogen and oxygen atoms in total. The quantitative estimate of drug-likeness (QED) is 0.792. The maximum Gasteiger partial charge on any atom is 0.123 e. The molecule has 3 rings (SSSR count). The fourth-order valence-electron chi connectivity index (χ4n) is 3.00. The third-order valence-corrected chi connectivity index (χ3v) is 4.06. The number of hydrogen-bond acceptors (Lipinski definition) is 4. The smallest absolute Gasteiger partial charge is 0.123 e. The molecule has 2 aromatic carbocycles. The maximum atomic E-state index is 9.97. The molecule has 1 aliphatic heterocycles. The van der Waals surface area contributed by atoms with Crippen LogP contribution in [0.3, 0.4) is 0 Å². The SMILES string of the molecule is OC[C@@H](c1ccc(O)c2ccccc12)N1CCNCC1. The van der Waals surface area contributed by atoms with Crippen molar-refractivity contribution in [1.82, 2.24) is 10.2 Å². The standard InChI is InChI=1S/C16H20N2O2/c19-11-15(18-9-7-17-8-10-18)13-5-6-16(20)14-4-2-1-3-12(13)14/h1-6,15,17,19-20H,7-11H2/t15-/m0/s1. The van der Waals surface area contributed by atoms with E-state index in [1.165, 1.54) is 0 Å². The predicted molar refractivity (Wildman–Crippen MR) is 79.9 cm³/mol. The molecule has 2 aromatic rings. The van der Waals surface area contributed by atoms with Crippen LogP contribution >= 0.6 is 0 Å². The van der Waals surface area contributed by atoms with Crippen LogP contribution in [0.4, 0.5) is 0 Å². The van der Waals surface area contributed by atoms with Gasteiger partial charge in [-0.3, -0.25) is 4.90 Å². The summed E-state index contributed by atoms with van der Waals surface area (Å²) in [6, 6.07) is 11.5. The lowest BCUT2D eigenvalue weighted by Crippen LogP contribution is -2.46. The predicted octanol–water partition coefficient (Wildman–Crippen LogP) is 1.48. The average molecular weight is 272 g/mol. The number of rotatable bonds is 3. The lowest BCUT2D eigenvalue weighted by atomic mass is 9.97. The minimum absolute atomic E-state index is 0.0115. The van der Waals surface area contributed by atoms with Crippen LogP contribution in [-0.2, 0) is 0 Å². The third-order valence-electron chi connectivity index (χ3n) is 4.06. The van der Waals surface area contributed by atoms with Gasteiger partial charge in [0.2, 0.25) is 0 Å². The Morgan fingerprint density at radius 3 is 2.45 bits per heavy atom. The Morgan fingerprint density at radius 2 is 1.75 bits per heavy atom. The van der Waals surface area contributed by atoms with Gasteiger partial charge in [-0.15, -0.1) is 0 Å². The molecular weight excluding hydrogens is 252 g/mol. The van der Waals surface area contributed by atoms with Crippen molar-refractivity contribution in [3.63, 3.8) is 0 Å². The van der Waals surface area contributed by atoms with Crippen LogP contribution in [-0.4, -0.2) is 47.9 Å². The van der Waals surface area contributed by atoms with Gasteiger partial charge < -0.3 is 15.5 Å². The molecule has 1 heterocycles. The van der Waals surface area contributed by atoms with E-state index in [1.54, 1.807) is 6.07 Å². The van der Waals surface area contributed by atoms with Gasteiger partial charge in [-0.1, -0.05) is 30.3 Å². The van der Waals surface area contributed by atoms with E-state index < -0.39 is 0 Å². The van der Waals surface area contributed by atoms with Crippen molar-refractivity contribution in [1.29, 1.82) is 0 Å². The van der Waals surface area contributed by atoms with Crippen molar-refractivity contribution >= 4 is 10.8 Å². The van der Waals surface area contributed by atoms with Crippen LogP contribution in [0.5, 0.6) is 5.75 Å². The Bertz CT molecular complexity index is 594. The molecule has 0 unspecified atom stereocenters. The number of fused-ring (bicyclic) bond motifs is 1. The first-order chi connectivity index (χ1) is 9.81. The third kappa shape index (κ3) is 2.38. The van der Waals surface area contributed by atoms with Crippen molar-refractivity contribution in [2.45, 2.75) is 6.04 Å². The van der Waals surface area contributed by atoms with Crippen LogP contribution in [0.15, 0.2) is 36.4 Å². The normalized spacial score (nSPS) is 18.2. The molecule has 20 heavy (non-hydrogen) atoms. The molecule has 1 atom stereocenters. The Morgan fingerprint density at radius 1 is 1.05 bits per heavy atom. The summed E-state index contributed by atoms with van der Waals surface area (Å²) < 4.78 is 0. The Labute approximate surface area is 118 Å². The lowest BCUT2D eigenvalue weighted by Gasteiger charge is -2.34. The number of benzene rings is 2. The van der Waals surface area contributed by atoms with Gasteiger partial charge in [0, 0.05) is 31.6 Å². The summed E-state index contributed by atoms with van der Waals surface area (Å²) in [5, 5.41) is 25.0. The van der Waals surface area contributed by atoms with Crippen molar-refractivity contribution in [3.05, 3.63) is 42.0 Å². The highest BCUT2D eigenvalue weighted by molar-refractivity contribution is 5.91. The van der Waals surface area contributed by atoms with E-state index in [1.807, 2.05) is 30.3 Å². The van der Waals surface area contributed by atoms with E-state index in [4.69, 9.17) is 0 Å². The van der Waals surface area contributed by atoms with Crippen molar-refractivity contribution in [2.24, 2.45) is 0 Å². The Kier molecular flexibility index (Phi) is 3.87. The molecule has 1 aliphatic rings.